The number of halogens is 2. The predicted molar refractivity (Wildman–Crippen MR) is 143 cm³/mol. The van der Waals surface area contributed by atoms with Crippen LogP contribution in [0, 0.1) is 0 Å². The number of benzene rings is 2. The molecular weight excluding hydrogens is 554 g/mol. The lowest BCUT2D eigenvalue weighted by Crippen LogP contribution is -2.53. The lowest BCUT2D eigenvalue weighted by molar-refractivity contribution is -0.140. The van der Waals surface area contributed by atoms with Crippen molar-refractivity contribution in [1.82, 2.24) is 10.2 Å². The monoisotopic (exact) mass is 583 g/mol. The van der Waals surface area contributed by atoms with E-state index in [0.717, 1.165) is 46.3 Å². The normalized spacial score (nSPS) is 15.0. The van der Waals surface area contributed by atoms with Crippen LogP contribution < -0.4 is 9.62 Å². The van der Waals surface area contributed by atoms with Crippen LogP contribution in [-0.2, 0) is 26.2 Å². The van der Waals surface area contributed by atoms with Gasteiger partial charge in [0.2, 0.25) is 21.8 Å². The summed E-state index contributed by atoms with van der Waals surface area (Å²) < 4.78 is 27.1. The minimum atomic E-state index is -3.76. The van der Waals surface area contributed by atoms with Gasteiger partial charge < -0.3 is 10.2 Å². The molecule has 0 heterocycles. The van der Waals surface area contributed by atoms with Gasteiger partial charge in [-0.2, -0.15) is 0 Å². The van der Waals surface area contributed by atoms with Gasteiger partial charge in [0, 0.05) is 22.1 Å². The summed E-state index contributed by atoms with van der Waals surface area (Å²) in [5.74, 6) is -0.669. The van der Waals surface area contributed by atoms with Crippen molar-refractivity contribution in [3.63, 3.8) is 0 Å². The van der Waals surface area contributed by atoms with E-state index in [4.69, 9.17) is 11.6 Å². The first-order chi connectivity index (χ1) is 16.6. The van der Waals surface area contributed by atoms with Crippen LogP contribution in [0.15, 0.2) is 53.0 Å². The molecule has 0 unspecified atom stereocenters. The number of sulfonamides is 1. The van der Waals surface area contributed by atoms with Crippen LogP contribution in [0.5, 0.6) is 0 Å². The van der Waals surface area contributed by atoms with Gasteiger partial charge in [0.25, 0.3) is 0 Å². The molecule has 1 aliphatic carbocycles. The van der Waals surface area contributed by atoms with Crippen LogP contribution in [-0.4, -0.2) is 50.0 Å². The highest BCUT2D eigenvalue weighted by molar-refractivity contribution is 9.10. The lowest BCUT2D eigenvalue weighted by Gasteiger charge is -2.33. The molecule has 1 atom stereocenters. The Morgan fingerprint density at radius 3 is 2.23 bits per heavy atom. The van der Waals surface area contributed by atoms with Crippen LogP contribution in [0.1, 0.15) is 44.6 Å². The molecule has 35 heavy (non-hydrogen) atoms. The van der Waals surface area contributed by atoms with Crippen molar-refractivity contribution in [2.75, 3.05) is 17.1 Å². The average Bonchev–Trinajstić information content (AvgIpc) is 3.31. The zero-order valence-corrected chi connectivity index (χ0v) is 23.1. The molecule has 1 fully saturated rings. The molecule has 0 spiro atoms. The summed E-state index contributed by atoms with van der Waals surface area (Å²) >= 11 is 9.37. The van der Waals surface area contributed by atoms with Gasteiger partial charge in [0.05, 0.1) is 11.9 Å². The molecule has 0 saturated heterocycles. The zero-order valence-electron chi connectivity index (χ0n) is 19.9. The molecule has 10 heteroatoms. The van der Waals surface area contributed by atoms with Gasteiger partial charge in [-0.25, -0.2) is 8.42 Å². The molecule has 1 N–H and O–H groups in total. The molecular formula is C25H31BrClN3O4S. The Morgan fingerprint density at radius 1 is 1.09 bits per heavy atom. The summed E-state index contributed by atoms with van der Waals surface area (Å²) in [6, 6.07) is 13.1. The number of carbonyl (C=O) groups is 2. The van der Waals surface area contributed by atoms with E-state index in [1.54, 1.807) is 48.5 Å². The number of nitrogens with one attached hydrogen (secondary N) is 1. The van der Waals surface area contributed by atoms with Crippen molar-refractivity contribution in [2.24, 2.45) is 0 Å². The third-order valence-corrected chi connectivity index (χ3v) is 8.07. The van der Waals surface area contributed by atoms with Crippen LogP contribution in [0.3, 0.4) is 0 Å². The van der Waals surface area contributed by atoms with Crippen molar-refractivity contribution in [3.05, 3.63) is 63.6 Å². The van der Waals surface area contributed by atoms with Crippen molar-refractivity contribution in [1.29, 1.82) is 0 Å². The predicted octanol–water partition coefficient (Wildman–Crippen LogP) is 4.73. The number of carbonyl (C=O) groups excluding carboxylic acids is 2. The highest BCUT2D eigenvalue weighted by Gasteiger charge is 2.33. The molecule has 2 aromatic rings. The van der Waals surface area contributed by atoms with Crippen LogP contribution in [0.25, 0.3) is 0 Å². The summed E-state index contributed by atoms with van der Waals surface area (Å²) in [7, 11) is -3.76. The number of amides is 2. The Hall–Kier alpha value is -2.10. The van der Waals surface area contributed by atoms with Gasteiger partial charge in [0.1, 0.15) is 12.6 Å². The van der Waals surface area contributed by atoms with E-state index in [0.29, 0.717) is 17.1 Å². The Kier molecular flexibility index (Phi) is 9.61. The topological polar surface area (TPSA) is 86.8 Å². The van der Waals surface area contributed by atoms with Gasteiger partial charge in [-0.15, -0.1) is 0 Å². The SMILES string of the molecule is CC[C@@H](C(=O)NC1CCCC1)N(Cc1ccc(Cl)cc1)C(=O)CN(c1ccc(Br)cc1)S(C)(=O)=O. The highest BCUT2D eigenvalue weighted by atomic mass is 79.9. The Morgan fingerprint density at radius 2 is 1.69 bits per heavy atom. The molecule has 0 aromatic heterocycles. The fourth-order valence-corrected chi connectivity index (χ4v) is 5.53. The quantitative estimate of drug-likeness (QED) is 0.437. The second kappa shape index (κ2) is 12.2. The van der Waals surface area contributed by atoms with Crippen LogP contribution >= 0.6 is 27.5 Å². The zero-order chi connectivity index (χ0) is 25.6. The largest absolute Gasteiger partial charge is 0.352 e. The molecule has 3 rings (SSSR count). The van der Waals surface area contributed by atoms with E-state index < -0.39 is 28.5 Å². The summed E-state index contributed by atoms with van der Waals surface area (Å²) in [5, 5.41) is 3.66. The minimum absolute atomic E-state index is 0.110. The molecule has 0 bridgehead atoms. The van der Waals surface area contributed by atoms with E-state index in [1.807, 2.05) is 6.92 Å². The first kappa shape index (κ1) is 27.5. The maximum atomic E-state index is 13.7. The number of hydrogen-bond donors (Lipinski definition) is 1. The van der Waals surface area contributed by atoms with E-state index >= 15 is 0 Å². The van der Waals surface area contributed by atoms with Crippen LogP contribution in [0.4, 0.5) is 5.69 Å². The van der Waals surface area contributed by atoms with Gasteiger partial charge in [0.15, 0.2) is 0 Å². The van der Waals surface area contributed by atoms with E-state index in [-0.39, 0.29) is 18.5 Å². The molecule has 1 aliphatic rings. The Bertz CT molecular complexity index is 1120. The third kappa shape index (κ3) is 7.69. The van der Waals surface area contributed by atoms with Crippen LogP contribution in [0.2, 0.25) is 5.02 Å². The van der Waals surface area contributed by atoms with E-state index in [1.165, 1.54) is 4.90 Å². The molecule has 0 radical (unpaired) electrons. The molecule has 0 aliphatic heterocycles. The molecule has 2 aromatic carbocycles. The summed E-state index contributed by atoms with van der Waals surface area (Å²) in [6.45, 7) is 1.59. The summed E-state index contributed by atoms with van der Waals surface area (Å²) in [6.07, 6.45) is 5.47. The number of anilines is 1. The van der Waals surface area contributed by atoms with Gasteiger partial charge in [-0.05, 0) is 61.2 Å². The fraction of sp³-hybridized carbons (Fsp3) is 0.440. The molecule has 1 saturated carbocycles. The average molecular weight is 585 g/mol. The third-order valence-electron chi connectivity index (χ3n) is 6.15. The molecule has 190 valence electrons. The van der Waals surface area contributed by atoms with Gasteiger partial charge >= 0.3 is 0 Å². The van der Waals surface area contributed by atoms with Gasteiger partial charge in [-0.1, -0.05) is 59.4 Å². The van der Waals surface area contributed by atoms with E-state index in [2.05, 4.69) is 21.2 Å². The van der Waals surface area contributed by atoms with Gasteiger partial charge in [-0.3, -0.25) is 13.9 Å². The smallest absolute Gasteiger partial charge is 0.244 e. The summed E-state index contributed by atoms with van der Waals surface area (Å²) in [4.78, 5) is 28.4. The Labute approximate surface area is 221 Å². The molecule has 2 amide bonds. The second-order valence-electron chi connectivity index (χ2n) is 8.81. The fourth-order valence-electron chi connectivity index (χ4n) is 4.29. The molecule has 7 nitrogen and oxygen atoms in total. The standard InChI is InChI=1S/C25H31BrClN3O4S/c1-3-23(25(32)28-21-6-4-5-7-21)29(16-18-8-12-20(27)13-9-18)24(31)17-30(35(2,33)34)22-14-10-19(26)11-15-22/h8-15,21,23H,3-7,16-17H2,1-2H3,(H,28,32)/t23-/m0/s1. The summed E-state index contributed by atoms with van der Waals surface area (Å²) in [5.41, 5.74) is 1.17. The highest BCUT2D eigenvalue weighted by Crippen LogP contribution is 2.23. The minimum Gasteiger partial charge on any atom is -0.352 e. The van der Waals surface area contributed by atoms with Crippen molar-refractivity contribution >= 4 is 55.1 Å². The number of hydrogen-bond acceptors (Lipinski definition) is 4. The maximum absolute atomic E-state index is 13.7. The van der Waals surface area contributed by atoms with Crippen molar-refractivity contribution in [3.8, 4) is 0 Å². The lowest BCUT2D eigenvalue weighted by atomic mass is 10.1. The second-order valence-corrected chi connectivity index (χ2v) is 12.1. The first-order valence-corrected chi connectivity index (χ1v) is 14.7. The number of nitrogens with zero attached hydrogens (tertiary/aromatic N) is 2. The Balaban J connectivity index is 1.90. The number of rotatable bonds is 10. The first-order valence-electron chi connectivity index (χ1n) is 11.7. The van der Waals surface area contributed by atoms with Crippen molar-refractivity contribution in [2.45, 2.75) is 57.7 Å². The van der Waals surface area contributed by atoms with Crippen molar-refractivity contribution < 1.29 is 18.0 Å². The van der Waals surface area contributed by atoms with E-state index in [9.17, 15) is 18.0 Å². The maximum Gasteiger partial charge on any atom is 0.244 e.